The molecule has 0 saturated carbocycles. The molecule has 3 amide bonds. The summed E-state index contributed by atoms with van der Waals surface area (Å²) in [4.78, 5) is 37.6. The summed E-state index contributed by atoms with van der Waals surface area (Å²) in [6.45, 7) is 3.55. The molecule has 1 heterocycles. The minimum Gasteiger partial charge on any atom is -0.478 e. The van der Waals surface area contributed by atoms with Gasteiger partial charge in [-0.2, -0.15) is 0 Å². The standard InChI is InChI=1S/C13H18N4O4/c1-7(2)10(11(14)18)17-13(21)16-6-9-5-8(12(19)20)3-4-15-9/h3-5,7,10H,6H2,1-2H3,(H2,14,18)(H,19,20)(H2,16,17,21). The van der Waals surface area contributed by atoms with Crippen LogP contribution >= 0.6 is 0 Å². The average molecular weight is 294 g/mol. The fourth-order valence-corrected chi connectivity index (χ4v) is 1.64. The molecule has 114 valence electrons. The van der Waals surface area contributed by atoms with Gasteiger partial charge in [0.1, 0.15) is 6.04 Å². The molecule has 0 saturated heterocycles. The van der Waals surface area contributed by atoms with Crippen LogP contribution in [0.25, 0.3) is 0 Å². The molecule has 21 heavy (non-hydrogen) atoms. The summed E-state index contributed by atoms with van der Waals surface area (Å²) in [6.07, 6.45) is 1.35. The molecule has 1 aromatic heterocycles. The van der Waals surface area contributed by atoms with Gasteiger partial charge in [-0.05, 0) is 18.1 Å². The molecule has 0 aliphatic rings. The highest BCUT2D eigenvalue weighted by molar-refractivity contribution is 5.87. The van der Waals surface area contributed by atoms with Crippen LogP contribution in [0.3, 0.4) is 0 Å². The van der Waals surface area contributed by atoms with Gasteiger partial charge in [0.2, 0.25) is 5.91 Å². The van der Waals surface area contributed by atoms with E-state index in [-0.39, 0.29) is 18.0 Å². The van der Waals surface area contributed by atoms with E-state index >= 15 is 0 Å². The number of nitrogens with two attached hydrogens (primary N) is 1. The first-order valence-electron chi connectivity index (χ1n) is 6.33. The number of primary amides is 1. The predicted molar refractivity (Wildman–Crippen MR) is 74.4 cm³/mol. The van der Waals surface area contributed by atoms with Crippen molar-refractivity contribution in [3.8, 4) is 0 Å². The van der Waals surface area contributed by atoms with Gasteiger partial charge in [-0.25, -0.2) is 9.59 Å². The first-order chi connectivity index (χ1) is 9.81. The van der Waals surface area contributed by atoms with Gasteiger partial charge in [0.05, 0.1) is 17.8 Å². The first-order valence-corrected chi connectivity index (χ1v) is 6.33. The molecule has 1 aromatic rings. The average Bonchev–Trinajstić information content (AvgIpc) is 2.42. The molecule has 0 aliphatic carbocycles. The van der Waals surface area contributed by atoms with Crippen molar-refractivity contribution in [3.05, 3.63) is 29.6 Å². The Morgan fingerprint density at radius 3 is 2.57 bits per heavy atom. The largest absolute Gasteiger partial charge is 0.478 e. The second-order valence-corrected chi connectivity index (χ2v) is 4.79. The van der Waals surface area contributed by atoms with Crippen LogP contribution in [0.4, 0.5) is 4.79 Å². The Bertz CT molecular complexity index is 545. The number of urea groups is 1. The van der Waals surface area contributed by atoms with Crippen molar-refractivity contribution < 1.29 is 19.5 Å². The molecule has 5 N–H and O–H groups in total. The lowest BCUT2D eigenvalue weighted by Gasteiger charge is -2.19. The van der Waals surface area contributed by atoms with Crippen molar-refractivity contribution in [2.24, 2.45) is 11.7 Å². The van der Waals surface area contributed by atoms with Gasteiger partial charge in [0.15, 0.2) is 0 Å². The summed E-state index contributed by atoms with van der Waals surface area (Å²) < 4.78 is 0. The number of carboxylic acid groups (broad SMARTS) is 1. The van der Waals surface area contributed by atoms with Crippen molar-refractivity contribution >= 4 is 17.9 Å². The van der Waals surface area contributed by atoms with Crippen molar-refractivity contribution in [1.29, 1.82) is 0 Å². The molecule has 0 aliphatic heterocycles. The Kier molecular flexibility index (Phi) is 5.65. The summed E-state index contributed by atoms with van der Waals surface area (Å²) in [5.74, 6) is -1.83. The molecule has 0 radical (unpaired) electrons. The zero-order chi connectivity index (χ0) is 16.0. The summed E-state index contributed by atoms with van der Waals surface area (Å²) in [5.41, 5.74) is 5.66. The number of nitrogens with zero attached hydrogens (tertiary/aromatic N) is 1. The lowest BCUT2D eigenvalue weighted by molar-refractivity contribution is -0.120. The number of hydrogen-bond donors (Lipinski definition) is 4. The lowest BCUT2D eigenvalue weighted by atomic mass is 10.0. The Hall–Kier alpha value is -2.64. The van der Waals surface area contributed by atoms with Crippen LogP contribution in [0.2, 0.25) is 0 Å². The van der Waals surface area contributed by atoms with Crippen LogP contribution in [-0.2, 0) is 11.3 Å². The zero-order valence-corrected chi connectivity index (χ0v) is 11.8. The zero-order valence-electron chi connectivity index (χ0n) is 11.8. The first kappa shape index (κ1) is 16.4. The third-order valence-corrected chi connectivity index (χ3v) is 2.75. The van der Waals surface area contributed by atoms with Crippen LogP contribution in [0, 0.1) is 5.92 Å². The second kappa shape index (κ2) is 7.22. The number of carbonyl (C=O) groups excluding carboxylic acids is 2. The number of nitrogens with one attached hydrogen (secondary N) is 2. The lowest BCUT2D eigenvalue weighted by Crippen LogP contribution is -2.50. The maximum atomic E-state index is 11.7. The van der Waals surface area contributed by atoms with E-state index in [1.807, 2.05) is 0 Å². The van der Waals surface area contributed by atoms with Gasteiger partial charge in [0, 0.05) is 6.20 Å². The summed E-state index contributed by atoms with van der Waals surface area (Å²) in [7, 11) is 0. The van der Waals surface area contributed by atoms with Gasteiger partial charge in [-0.1, -0.05) is 13.8 Å². The second-order valence-electron chi connectivity index (χ2n) is 4.79. The van der Waals surface area contributed by atoms with Gasteiger partial charge in [-0.3, -0.25) is 9.78 Å². The maximum Gasteiger partial charge on any atom is 0.335 e. The number of aromatic nitrogens is 1. The molecule has 1 atom stereocenters. The van der Waals surface area contributed by atoms with E-state index in [4.69, 9.17) is 10.8 Å². The molecular formula is C13H18N4O4. The number of rotatable bonds is 6. The van der Waals surface area contributed by atoms with E-state index in [9.17, 15) is 14.4 Å². The van der Waals surface area contributed by atoms with E-state index in [0.717, 1.165) is 0 Å². The van der Waals surface area contributed by atoms with Crippen LogP contribution in [0.5, 0.6) is 0 Å². The number of carboxylic acids is 1. The van der Waals surface area contributed by atoms with Crippen LogP contribution < -0.4 is 16.4 Å². The van der Waals surface area contributed by atoms with Gasteiger partial charge >= 0.3 is 12.0 Å². The Labute approximate surface area is 121 Å². The topological polar surface area (TPSA) is 134 Å². The van der Waals surface area contributed by atoms with Crippen LogP contribution in [0.1, 0.15) is 29.9 Å². The highest BCUT2D eigenvalue weighted by atomic mass is 16.4. The Morgan fingerprint density at radius 1 is 1.38 bits per heavy atom. The highest BCUT2D eigenvalue weighted by Crippen LogP contribution is 2.02. The fraction of sp³-hybridized carbons (Fsp3) is 0.385. The number of pyridine rings is 1. The smallest absolute Gasteiger partial charge is 0.335 e. The third kappa shape index (κ3) is 5.09. The third-order valence-electron chi connectivity index (χ3n) is 2.75. The van der Waals surface area contributed by atoms with Crippen molar-refractivity contribution in [3.63, 3.8) is 0 Å². The highest BCUT2D eigenvalue weighted by Gasteiger charge is 2.21. The molecule has 0 bridgehead atoms. The molecule has 8 heteroatoms. The molecule has 0 aromatic carbocycles. The predicted octanol–water partition coefficient (Wildman–Crippen LogP) is 0.0889. The van der Waals surface area contributed by atoms with E-state index in [2.05, 4.69) is 15.6 Å². The number of carbonyl (C=O) groups is 3. The normalized spacial score (nSPS) is 11.8. The van der Waals surface area contributed by atoms with Gasteiger partial charge in [-0.15, -0.1) is 0 Å². The monoisotopic (exact) mass is 294 g/mol. The molecule has 0 fully saturated rings. The number of hydrogen-bond acceptors (Lipinski definition) is 4. The van der Waals surface area contributed by atoms with E-state index in [0.29, 0.717) is 5.69 Å². The molecule has 1 rings (SSSR count). The molecule has 8 nitrogen and oxygen atoms in total. The minimum atomic E-state index is -1.07. The maximum absolute atomic E-state index is 11.7. The number of amides is 3. The quantitative estimate of drug-likeness (QED) is 0.589. The molecular weight excluding hydrogens is 276 g/mol. The Morgan fingerprint density at radius 2 is 2.05 bits per heavy atom. The van der Waals surface area contributed by atoms with E-state index < -0.39 is 23.9 Å². The fourth-order valence-electron chi connectivity index (χ4n) is 1.64. The molecule has 1 unspecified atom stereocenters. The molecule has 0 spiro atoms. The minimum absolute atomic E-state index is 0.0382. The van der Waals surface area contributed by atoms with Crippen molar-refractivity contribution in [1.82, 2.24) is 15.6 Å². The van der Waals surface area contributed by atoms with Crippen LogP contribution in [-0.4, -0.2) is 34.0 Å². The summed E-state index contributed by atoms with van der Waals surface area (Å²) in [6, 6.07) is 1.36. The van der Waals surface area contributed by atoms with E-state index in [1.165, 1.54) is 18.3 Å². The van der Waals surface area contributed by atoms with Crippen molar-refractivity contribution in [2.45, 2.75) is 26.4 Å². The Balaban J connectivity index is 2.58. The SMILES string of the molecule is CC(C)C(NC(=O)NCc1cc(C(=O)O)ccn1)C(N)=O. The van der Waals surface area contributed by atoms with Gasteiger partial charge in [0.25, 0.3) is 0 Å². The summed E-state index contributed by atoms with van der Waals surface area (Å²) >= 11 is 0. The van der Waals surface area contributed by atoms with Crippen LogP contribution in [0.15, 0.2) is 18.3 Å². The summed E-state index contributed by atoms with van der Waals surface area (Å²) in [5, 5.41) is 13.8. The van der Waals surface area contributed by atoms with E-state index in [1.54, 1.807) is 13.8 Å². The van der Waals surface area contributed by atoms with Crippen molar-refractivity contribution in [2.75, 3.05) is 0 Å². The van der Waals surface area contributed by atoms with Gasteiger partial charge < -0.3 is 21.5 Å². The number of aromatic carboxylic acids is 1.